The number of nitrogens with zero attached hydrogens (tertiary/aromatic N) is 5. The number of hydrogen-bond donors (Lipinski definition) is 0. The fraction of sp³-hybridized carbons (Fsp3) is 0.333. The van der Waals surface area contributed by atoms with E-state index in [-0.39, 0.29) is 5.91 Å². The van der Waals surface area contributed by atoms with Crippen molar-refractivity contribution in [2.75, 3.05) is 20.2 Å². The predicted octanol–water partition coefficient (Wildman–Crippen LogP) is 4.20. The van der Waals surface area contributed by atoms with Crippen LogP contribution in [0.4, 0.5) is 0 Å². The molecule has 0 bridgehead atoms. The van der Waals surface area contributed by atoms with E-state index >= 15 is 0 Å². The first-order chi connectivity index (χ1) is 17.2. The highest BCUT2D eigenvalue weighted by Gasteiger charge is 2.23. The normalized spacial score (nSPS) is 16.1. The summed E-state index contributed by atoms with van der Waals surface area (Å²) in [7, 11) is 1.60. The van der Waals surface area contributed by atoms with Crippen molar-refractivity contribution in [2.45, 2.75) is 32.3 Å². The van der Waals surface area contributed by atoms with Crippen LogP contribution in [0.3, 0.4) is 0 Å². The van der Waals surface area contributed by atoms with Crippen LogP contribution in [-0.4, -0.2) is 50.4 Å². The number of ether oxygens (including phenoxy) is 2. The first-order valence-corrected chi connectivity index (χ1v) is 12.0. The van der Waals surface area contributed by atoms with Crippen LogP contribution in [0.2, 0.25) is 0 Å². The summed E-state index contributed by atoms with van der Waals surface area (Å²) in [5, 5.41) is 0. The molecule has 1 fully saturated rings. The summed E-state index contributed by atoms with van der Waals surface area (Å²) in [4.78, 5) is 28.4. The molecular formula is C27H29N5O3. The predicted molar refractivity (Wildman–Crippen MR) is 131 cm³/mol. The van der Waals surface area contributed by atoms with Gasteiger partial charge in [-0.15, -0.1) is 0 Å². The molecule has 35 heavy (non-hydrogen) atoms. The molecule has 1 amide bonds. The van der Waals surface area contributed by atoms with Gasteiger partial charge in [-0.3, -0.25) is 14.8 Å². The SMILES string of the molecule is COc1ccc(C(=O)N2CCC[C@H](Cc3cn4ccnc4cn3)CC2)cc1OCc1ccccn1. The Morgan fingerprint density at radius 3 is 2.83 bits per heavy atom. The van der Waals surface area contributed by atoms with Gasteiger partial charge in [0.05, 0.1) is 24.7 Å². The number of amides is 1. The third-order valence-electron chi connectivity index (χ3n) is 6.48. The first kappa shape index (κ1) is 22.8. The molecule has 0 aliphatic carbocycles. The van der Waals surface area contributed by atoms with Crippen molar-refractivity contribution in [3.05, 3.63) is 84.3 Å². The van der Waals surface area contributed by atoms with Crippen LogP contribution < -0.4 is 9.47 Å². The van der Waals surface area contributed by atoms with E-state index < -0.39 is 0 Å². The average molecular weight is 472 g/mol. The number of carbonyl (C=O) groups excluding carboxylic acids is 1. The number of rotatable bonds is 7. The van der Waals surface area contributed by atoms with E-state index in [1.54, 1.807) is 37.7 Å². The molecule has 8 heteroatoms. The third-order valence-corrected chi connectivity index (χ3v) is 6.48. The van der Waals surface area contributed by atoms with Crippen molar-refractivity contribution in [1.29, 1.82) is 0 Å². The van der Waals surface area contributed by atoms with E-state index in [0.717, 1.165) is 55.8 Å². The molecule has 0 saturated carbocycles. The fourth-order valence-corrected chi connectivity index (χ4v) is 4.58. The second-order valence-electron chi connectivity index (χ2n) is 8.84. The van der Waals surface area contributed by atoms with Gasteiger partial charge in [0.1, 0.15) is 6.61 Å². The molecule has 0 N–H and O–H groups in total. The van der Waals surface area contributed by atoms with E-state index in [0.29, 0.717) is 29.6 Å². The van der Waals surface area contributed by atoms with E-state index in [4.69, 9.17) is 9.47 Å². The van der Waals surface area contributed by atoms with Crippen molar-refractivity contribution in [2.24, 2.45) is 5.92 Å². The number of benzene rings is 1. The topological polar surface area (TPSA) is 81.9 Å². The van der Waals surface area contributed by atoms with Gasteiger partial charge < -0.3 is 18.8 Å². The third kappa shape index (κ3) is 5.42. The monoisotopic (exact) mass is 471 g/mol. The van der Waals surface area contributed by atoms with Gasteiger partial charge in [0.2, 0.25) is 0 Å². The van der Waals surface area contributed by atoms with Crippen LogP contribution in [0.1, 0.15) is 41.0 Å². The second-order valence-corrected chi connectivity index (χ2v) is 8.84. The van der Waals surface area contributed by atoms with Crippen LogP contribution in [0.5, 0.6) is 11.5 Å². The Hall–Kier alpha value is -3.94. The Labute approximate surface area is 204 Å². The number of imidazole rings is 1. The summed E-state index contributed by atoms with van der Waals surface area (Å²) in [5.41, 5.74) is 3.33. The van der Waals surface area contributed by atoms with Gasteiger partial charge in [-0.25, -0.2) is 4.98 Å². The molecule has 0 unspecified atom stereocenters. The van der Waals surface area contributed by atoms with Crippen molar-refractivity contribution in [1.82, 2.24) is 24.3 Å². The average Bonchev–Trinajstić information content (AvgIpc) is 3.25. The molecule has 1 aromatic carbocycles. The molecule has 180 valence electrons. The molecule has 4 aromatic rings. The Morgan fingerprint density at radius 1 is 1.03 bits per heavy atom. The molecule has 1 atom stereocenters. The zero-order valence-corrected chi connectivity index (χ0v) is 19.8. The zero-order valence-electron chi connectivity index (χ0n) is 19.8. The molecule has 5 rings (SSSR count). The van der Waals surface area contributed by atoms with Crippen molar-refractivity contribution >= 4 is 11.6 Å². The van der Waals surface area contributed by atoms with E-state index in [9.17, 15) is 4.79 Å². The minimum atomic E-state index is 0.0222. The van der Waals surface area contributed by atoms with Crippen molar-refractivity contribution < 1.29 is 14.3 Å². The Balaban J connectivity index is 1.23. The Bertz CT molecular complexity index is 1290. The molecule has 8 nitrogen and oxygen atoms in total. The van der Waals surface area contributed by atoms with Crippen LogP contribution in [-0.2, 0) is 13.0 Å². The lowest BCUT2D eigenvalue weighted by molar-refractivity contribution is 0.0759. The number of aromatic nitrogens is 4. The molecule has 0 radical (unpaired) electrons. The lowest BCUT2D eigenvalue weighted by Crippen LogP contribution is -2.32. The van der Waals surface area contributed by atoms with Gasteiger partial charge in [-0.1, -0.05) is 6.07 Å². The van der Waals surface area contributed by atoms with Gasteiger partial charge in [-0.2, -0.15) is 0 Å². The zero-order chi connectivity index (χ0) is 24.0. The standard InChI is InChI=1S/C27H29N5O3/c1-34-24-8-7-21(16-25(24)35-19-22-6-2-3-10-28-22)27(33)31-12-4-5-20(9-13-31)15-23-18-32-14-11-29-26(32)17-30-23/h2-3,6-8,10-11,14,16-18,20H,4-5,9,12-13,15,19H2,1H3/t20-/m0/s1. The van der Waals surface area contributed by atoms with Crippen LogP contribution in [0.25, 0.3) is 5.65 Å². The minimum Gasteiger partial charge on any atom is -0.493 e. The van der Waals surface area contributed by atoms with Crippen LogP contribution >= 0.6 is 0 Å². The maximum Gasteiger partial charge on any atom is 0.253 e. The quantitative estimate of drug-likeness (QED) is 0.402. The summed E-state index contributed by atoms with van der Waals surface area (Å²) in [6.07, 6.45) is 13.2. The number of fused-ring (bicyclic) bond motifs is 1. The van der Waals surface area contributed by atoms with Gasteiger partial charge in [-0.05, 0) is 61.9 Å². The molecule has 1 saturated heterocycles. The van der Waals surface area contributed by atoms with E-state index in [1.807, 2.05) is 39.9 Å². The van der Waals surface area contributed by atoms with Crippen molar-refractivity contribution in [3.8, 4) is 11.5 Å². The number of likely N-dealkylation sites (tertiary alicyclic amines) is 1. The maximum absolute atomic E-state index is 13.4. The Morgan fingerprint density at radius 2 is 1.97 bits per heavy atom. The van der Waals surface area contributed by atoms with Crippen molar-refractivity contribution in [3.63, 3.8) is 0 Å². The largest absolute Gasteiger partial charge is 0.493 e. The number of methoxy groups -OCH3 is 1. The summed E-state index contributed by atoms with van der Waals surface area (Å²) in [6.45, 7) is 1.78. The smallest absolute Gasteiger partial charge is 0.253 e. The summed E-state index contributed by atoms with van der Waals surface area (Å²) in [5.74, 6) is 1.65. The number of pyridine rings is 1. The van der Waals surface area contributed by atoms with Gasteiger partial charge in [0.25, 0.3) is 5.91 Å². The highest BCUT2D eigenvalue weighted by molar-refractivity contribution is 5.95. The molecule has 1 aliphatic rings. The van der Waals surface area contributed by atoms with Crippen LogP contribution in [0.15, 0.2) is 67.4 Å². The summed E-state index contributed by atoms with van der Waals surface area (Å²) < 4.78 is 13.4. The number of carbonyl (C=O) groups is 1. The highest BCUT2D eigenvalue weighted by Crippen LogP contribution is 2.30. The highest BCUT2D eigenvalue weighted by atomic mass is 16.5. The van der Waals surface area contributed by atoms with Crippen LogP contribution in [0, 0.1) is 5.92 Å². The lowest BCUT2D eigenvalue weighted by atomic mass is 9.95. The van der Waals surface area contributed by atoms with Gasteiger partial charge >= 0.3 is 0 Å². The lowest BCUT2D eigenvalue weighted by Gasteiger charge is -2.21. The van der Waals surface area contributed by atoms with E-state index in [1.165, 1.54) is 0 Å². The summed E-state index contributed by atoms with van der Waals surface area (Å²) >= 11 is 0. The molecule has 4 heterocycles. The Kier molecular flexibility index (Phi) is 6.88. The first-order valence-electron chi connectivity index (χ1n) is 12.0. The maximum atomic E-state index is 13.4. The second kappa shape index (κ2) is 10.5. The van der Waals surface area contributed by atoms with Gasteiger partial charge in [0.15, 0.2) is 17.1 Å². The molecule has 0 spiro atoms. The summed E-state index contributed by atoms with van der Waals surface area (Å²) in [6, 6.07) is 11.1. The molecule has 1 aliphatic heterocycles. The molecular weight excluding hydrogens is 442 g/mol. The fourth-order valence-electron chi connectivity index (χ4n) is 4.58. The number of hydrogen-bond acceptors (Lipinski definition) is 6. The van der Waals surface area contributed by atoms with E-state index in [2.05, 4.69) is 21.1 Å². The van der Waals surface area contributed by atoms with Gasteiger partial charge in [0, 0.05) is 43.4 Å². The molecule has 3 aromatic heterocycles. The minimum absolute atomic E-state index is 0.0222.